The second-order valence-corrected chi connectivity index (χ2v) is 5.32. The van der Waals surface area contributed by atoms with Crippen molar-refractivity contribution < 1.29 is 4.39 Å². The molecule has 1 aromatic heterocycles. The van der Waals surface area contributed by atoms with E-state index >= 15 is 0 Å². The first-order valence-corrected chi connectivity index (χ1v) is 6.38. The highest BCUT2D eigenvalue weighted by atomic mass is 35.5. The van der Waals surface area contributed by atoms with Crippen LogP contribution in [0.15, 0.2) is 18.2 Å². The van der Waals surface area contributed by atoms with Gasteiger partial charge in [0.1, 0.15) is 10.8 Å². The third kappa shape index (κ3) is 2.83. The molecule has 90 valence electrons. The monoisotopic (exact) mass is 270 g/mol. The third-order valence-corrected chi connectivity index (χ3v) is 3.93. The number of benzene rings is 1. The number of aromatic nitrogens is 1. The van der Waals surface area contributed by atoms with Gasteiger partial charge in [0.2, 0.25) is 0 Å². The van der Waals surface area contributed by atoms with Crippen LogP contribution in [-0.4, -0.2) is 4.98 Å². The van der Waals surface area contributed by atoms with Gasteiger partial charge in [0, 0.05) is 17.8 Å². The molecule has 0 aliphatic heterocycles. The number of hydrogen-bond acceptors (Lipinski definition) is 3. The van der Waals surface area contributed by atoms with Gasteiger partial charge in [0.05, 0.1) is 10.7 Å². The minimum atomic E-state index is -0.390. The number of halogens is 2. The first kappa shape index (κ1) is 12.5. The summed E-state index contributed by atoms with van der Waals surface area (Å²) in [6.07, 6.45) is 0.712. The van der Waals surface area contributed by atoms with E-state index in [1.807, 2.05) is 6.92 Å². The first-order chi connectivity index (χ1) is 8.10. The van der Waals surface area contributed by atoms with Crippen LogP contribution < -0.4 is 5.73 Å². The van der Waals surface area contributed by atoms with Gasteiger partial charge in [-0.05, 0) is 24.6 Å². The molecule has 0 bridgehead atoms. The number of thiazole rings is 1. The molecule has 0 aliphatic rings. The summed E-state index contributed by atoms with van der Waals surface area (Å²) in [4.78, 5) is 5.50. The van der Waals surface area contributed by atoms with Crippen LogP contribution in [0.3, 0.4) is 0 Å². The fraction of sp³-hybridized carbons (Fsp3) is 0.250. The normalized spacial score (nSPS) is 10.8. The van der Waals surface area contributed by atoms with Crippen molar-refractivity contribution in [2.75, 3.05) is 0 Å². The molecule has 0 spiro atoms. The molecule has 2 rings (SSSR count). The van der Waals surface area contributed by atoms with Gasteiger partial charge in [-0.1, -0.05) is 17.7 Å². The molecule has 5 heteroatoms. The highest BCUT2D eigenvalue weighted by Crippen LogP contribution is 2.23. The Hall–Kier alpha value is -0.970. The molecule has 2 nitrogen and oxygen atoms in total. The molecule has 0 fully saturated rings. The minimum absolute atomic E-state index is 0.156. The Balaban J connectivity index is 2.24. The van der Waals surface area contributed by atoms with Gasteiger partial charge in [-0.2, -0.15) is 0 Å². The Kier molecular flexibility index (Phi) is 3.76. The van der Waals surface area contributed by atoms with Crippen LogP contribution in [0, 0.1) is 12.7 Å². The van der Waals surface area contributed by atoms with Crippen LogP contribution in [0.2, 0.25) is 5.02 Å². The molecule has 1 heterocycles. The second kappa shape index (κ2) is 5.12. The Labute approximate surface area is 108 Å². The van der Waals surface area contributed by atoms with Gasteiger partial charge in [0.25, 0.3) is 0 Å². The zero-order chi connectivity index (χ0) is 12.4. The lowest BCUT2D eigenvalue weighted by Gasteiger charge is -2.01. The van der Waals surface area contributed by atoms with Crippen molar-refractivity contribution in [1.29, 1.82) is 0 Å². The molecule has 2 aromatic rings. The lowest BCUT2D eigenvalue weighted by Crippen LogP contribution is -1.94. The molecule has 0 aliphatic carbocycles. The summed E-state index contributed by atoms with van der Waals surface area (Å²) >= 11 is 7.34. The van der Waals surface area contributed by atoms with Crippen LogP contribution in [0.25, 0.3) is 0 Å². The molecule has 0 saturated heterocycles. The maximum Gasteiger partial charge on any atom is 0.141 e. The van der Waals surface area contributed by atoms with E-state index in [1.54, 1.807) is 23.5 Å². The van der Waals surface area contributed by atoms with Crippen LogP contribution >= 0.6 is 22.9 Å². The third-order valence-electron chi connectivity index (χ3n) is 2.46. The predicted molar refractivity (Wildman–Crippen MR) is 69.0 cm³/mol. The van der Waals surface area contributed by atoms with E-state index in [4.69, 9.17) is 17.3 Å². The van der Waals surface area contributed by atoms with E-state index in [9.17, 15) is 4.39 Å². The van der Waals surface area contributed by atoms with Gasteiger partial charge in [0.15, 0.2) is 0 Å². The van der Waals surface area contributed by atoms with Crippen LogP contribution in [0.1, 0.15) is 21.1 Å². The van der Waals surface area contributed by atoms with E-state index in [-0.39, 0.29) is 10.8 Å². The fourth-order valence-electron chi connectivity index (χ4n) is 1.57. The minimum Gasteiger partial charge on any atom is -0.325 e. The average Bonchev–Trinajstić information content (AvgIpc) is 2.65. The van der Waals surface area contributed by atoms with E-state index in [1.165, 1.54) is 6.07 Å². The Morgan fingerprint density at radius 2 is 2.24 bits per heavy atom. The van der Waals surface area contributed by atoms with E-state index in [0.29, 0.717) is 13.0 Å². The average molecular weight is 271 g/mol. The summed E-state index contributed by atoms with van der Waals surface area (Å²) in [5, 5.41) is 1.08. The number of nitrogens with two attached hydrogens (primary N) is 1. The zero-order valence-corrected chi connectivity index (χ0v) is 10.9. The Morgan fingerprint density at radius 3 is 2.82 bits per heavy atom. The smallest absolute Gasteiger partial charge is 0.141 e. The molecule has 17 heavy (non-hydrogen) atoms. The molecular formula is C12H12ClFN2S. The maximum atomic E-state index is 13.0. The van der Waals surface area contributed by atoms with Crippen molar-refractivity contribution >= 4 is 22.9 Å². The molecule has 0 saturated carbocycles. The van der Waals surface area contributed by atoms with Crippen molar-refractivity contribution in [3.8, 4) is 0 Å². The standard InChI is InChI=1S/C12H12ClFN2S/c1-7-11(17-12(6-15)16-7)5-8-2-3-10(14)9(13)4-8/h2-4H,5-6,15H2,1H3. The number of nitrogens with zero attached hydrogens (tertiary/aromatic N) is 1. The molecule has 2 N–H and O–H groups in total. The zero-order valence-electron chi connectivity index (χ0n) is 9.34. The summed E-state index contributed by atoms with van der Waals surface area (Å²) in [6, 6.07) is 4.78. The van der Waals surface area contributed by atoms with Gasteiger partial charge in [-0.25, -0.2) is 9.37 Å². The van der Waals surface area contributed by atoms with Gasteiger partial charge < -0.3 is 5.73 Å². The number of hydrogen-bond donors (Lipinski definition) is 1. The first-order valence-electron chi connectivity index (χ1n) is 5.19. The summed E-state index contributed by atoms with van der Waals surface area (Å²) < 4.78 is 13.0. The Morgan fingerprint density at radius 1 is 1.47 bits per heavy atom. The summed E-state index contributed by atoms with van der Waals surface area (Å²) in [7, 11) is 0. The van der Waals surface area contributed by atoms with Crippen LogP contribution in [-0.2, 0) is 13.0 Å². The topological polar surface area (TPSA) is 38.9 Å². The summed E-state index contributed by atoms with van der Waals surface area (Å²) in [5.74, 6) is -0.390. The summed E-state index contributed by atoms with van der Waals surface area (Å²) in [5.41, 5.74) is 7.51. The molecule has 0 amide bonds. The SMILES string of the molecule is Cc1nc(CN)sc1Cc1ccc(F)c(Cl)c1. The summed E-state index contributed by atoms with van der Waals surface area (Å²) in [6.45, 7) is 2.41. The van der Waals surface area contributed by atoms with Gasteiger partial charge in [-0.3, -0.25) is 0 Å². The number of aryl methyl sites for hydroxylation is 1. The highest BCUT2D eigenvalue weighted by molar-refractivity contribution is 7.11. The van der Waals surface area contributed by atoms with E-state index < -0.39 is 0 Å². The van der Waals surface area contributed by atoms with Crippen molar-refractivity contribution in [3.63, 3.8) is 0 Å². The maximum absolute atomic E-state index is 13.0. The Bertz CT molecular complexity index is 539. The predicted octanol–water partition coefficient (Wildman–Crippen LogP) is 3.29. The van der Waals surface area contributed by atoms with Crippen molar-refractivity contribution in [2.24, 2.45) is 5.73 Å². The lowest BCUT2D eigenvalue weighted by atomic mass is 10.1. The number of rotatable bonds is 3. The van der Waals surface area contributed by atoms with Crippen LogP contribution in [0.4, 0.5) is 4.39 Å². The molecular weight excluding hydrogens is 259 g/mol. The van der Waals surface area contributed by atoms with Crippen molar-refractivity contribution in [2.45, 2.75) is 19.9 Å². The second-order valence-electron chi connectivity index (χ2n) is 3.75. The van der Waals surface area contributed by atoms with E-state index in [0.717, 1.165) is 21.1 Å². The molecule has 0 radical (unpaired) electrons. The molecule has 0 unspecified atom stereocenters. The molecule has 0 atom stereocenters. The lowest BCUT2D eigenvalue weighted by molar-refractivity contribution is 0.627. The fourth-order valence-corrected chi connectivity index (χ4v) is 2.76. The van der Waals surface area contributed by atoms with Gasteiger partial charge >= 0.3 is 0 Å². The van der Waals surface area contributed by atoms with E-state index in [2.05, 4.69) is 4.98 Å². The molecule has 1 aromatic carbocycles. The van der Waals surface area contributed by atoms with Crippen molar-refractivity contribution in [1.82, 2.24) is 4.98 Å². The highest BCUT2D eigenvalue weighted by Gasteiger charge is 2.08. The quantitative estimate of drug-likeness (QED) is 0.929. The van der Waals surface area contributed by atoms with Crippen molar-refractivity contribution in [3.05, 3.63) is 50.2 Å². The van der Waals surface area contributed by atoms with Crippen LogP contribution in [0.5, 0.6) is 0 Å². The largest absolute Gasteiger partial charge is 0.325 e. The van der Waals surface area contributed by atoms with Gasteiger partial charge in [-0.15, -0.1) is 11.3 Å².